The molecule has 0 bridgehead atoms. The third-order valence-corrected chi connectivity index (χ3v) is 10.4. The van der Waals surface area contributed by atoms with Crippen LogP contribution in [0.4, 0.5) is 4.79 Å². The van der Waals surface area contributed by atoms with Gasteiger partial charge in [-0.2, -0.15) is 0 Å². The van der Waals surface area contributed by atoms with Crippen LogP contribution in [0.3, 0.4) is 0 Å². The van der Waals surface area contributed by atoms with Crippen molar-refractivity contribution in [1.82, 2.24) is 0 Å². The van der Waals surface area contributed by atoms with Crippen molar-refractivity contribution < 1.29 is 48.4 Å². The highest BCUT2D eigenvalue weighted by molar-refractivity contribution is 6.01. The van der Waals surface area contributed by atoms with Crippen molar-refractivity contribution in [3.63, 3.8) is 0 Å². The summed E-state index contributed by atoms with van der Waals surface area (Å²) in [5.74, 6) is -1.83. The summed E-state index contributed by atoms with van der Waals surface area (Å²) in [6.45, 7) is 4.49. The molecule has 12 nitrogen and oxygen atoms in total. The van der Waals surface area contributed by atoms with E-state index >= 15 is 0 Å². The Bertz CT molecular complexity index is 1430. The van der Waals surface area contributed by atoms with Gasteiger partial charge in [0.15, 0.2) is 18.0 Å². The Morgan fingerprint density at radius 3 is 2.66 bits per heavy atom. The molecule has 3 fully saturated rings. The van der Waals surface area contributed by atoms with Gasteiger partial charge in [-0.15, -0.1) is 10.1 Å². The van der Waals surface area contributed by atoms with Crippen molar-refractivity contribution in [3.05, 3.63) is 69.3 Å². The zero-order valence-corrected chi connectivity index (χ0v) is 25.0. The number of nitrogens with zero attached hydrogens (tertiary/aromatic N) is 1. The summed E-state index contributed by atoms with van der Waals surface area (Å²) in [7, 11) is 0. The first-order valence-corrected chi connectivity index (χ1v) is 14.9. The maximum atomic E-state index is 14.1. The Labute approximate surface area is 254 Å². The number of benzene rings is 1. The molecule has 0 heterocycles. The van der Waals surface area contributed by atoms with Crippen molar-refractivity contribution in [1.29, 1.82) is 0 Å². The van der Waals surface area contributed by atoms with Crippen LogP contribution in [0.15, 0.2) is 48.1 Å². The van der Waals surface area contributed by atoms with Crippen LogP contribution in [0, 0.1) is 38.7 Å². The summed E-state index contributed by atoms with van der Waals surface area (Å²) in [6, 6.07) is 5.86. The standard InChI is InChI=1S/C32H37NO11/c1-4-41-29(38)44-32(26(36)18-42-28(37)20-7-5-6-19(14-20)17-43-33(39)40)13-11-24-23-9-8-21-15-22(34)10-12-30(21,2)27(23)25(35)16-31(24,32)3/h5-7,10,12,14-15,23-25,27,35H,4,8-9,11,13,16-18H2,1-3H3/t23-,24-,25-,27+,30-,31-,32-/m0/s1. The minimum atomic E-state index is -1.72. The maximum Gasteiger partial charge on any atom is 0.509 e. The highest BCUT2D eigenvalue weighted by Crippen LogP contribution is 2.68. The van der Waals surface area contributed by atoms with Crippen molar-refractivity contribution in [2.24, 2.45) is 28.6 Å². The molecule has 0 spiro atoms. The molecule has 0 saturated heterocycles. The molecule has 0 amide bonds. The Balaban J connectivity index is 1.40. The van der Waals surface area contributed by atoms with E-state index in [9.17, 15) is 34.4 Å². The first kappa shape index (κ1) is 31.4. The van der Waals surface area contributed by atoms with Gasteiger partial charge in [-0.1, -0.05) is 37.6 Å². The molecule has 4 aliphatic carbocycles. The Morgan fingerprint density at radius 1 is 1.16 bits per heavy atom. The summed E-state index contributed by atoms with van der Waals surface area (Å²) in [4.78, 5) is 66.8. The van der Waals surface area contributed by atoms with Crippen LogP contribution in [0.5, 0.6) is 0 Å². The van der Waals surface area contributed by atoms with Gasteiger partial charge in [0, 0.05) is 16.7 Å². The summed E-state index contributed by atoms with van der Waals surface area (Å²) < 4.78 is 16.4. The minimum absolute atomic E-state index is 0.0177. The van der Waals surface area contributed by atoms with Crippen LogP contribution in [0.1, 0.15) is 68.8 Å². The molecule has 12 heteroatoms. The average molecular weight is 612 g/mol. The minimum Gasteiger partial charge on any atom is -0.454 e. The lowest BCUT2D eigenvalue weighted by Gasteiger charge is -2.59. The third kappa shape index (κ3) is 5.29. The number of ether oxygens (including phenoxy) is 3. The predicted octanol–water partition coefficient (Wildman–Crippen LogP) is 4.31. The number of aliphatic hydroxyl groups is 1. The predicted molar refractivity (Wildman–Crippen MR) is 152 cm³/mol. The molecule has 0 aliphatic heterocycles. The zero-order valence-electron chi connectivity index (χ0n) is 25.0. The molecule has 1 aromatic rings. The van der Waals surface area contributed by atoms with E-state index in [1.54, 1.807) is 25.1 Å². The quantitative estimate of drug-likeness (QED) is 0.240. The highest BCUT2D eigenvalue weighted by atomic mass is 16.9. The first-order chi connectivity index (χ1) is 20.8. The van der Waals surface area contributed by atoms with Gasteiger partial charge in [0.1, 0.15) is 6.61 Å². The van der Waals surface area contributed by atoms with Crippen molar-refractivity contribution >= 4 is 23.7 Å². The number of allylic oxidation sites excluding steroid dienone is 4. The van der Waals surface area contributed by atoms with Crippen LogP contribution in [0.25, 0.3) is 0 Å². The van der Waals surface area contributed by atoms with Gasteiger partial charge in [0.05, 0.1) is 18.3 Å². The molecular formula is C32H37NO11. The summed E-state index contributed by atoms with van der Waals surface area (Å²) in [5.41, 5.74) is -1.80. The van der Waals surface area contributed by atoms with E-state index in [1.807, 2.05) is 19.9 Å². The Morgan fingerprint density at radius 2 is 1.93 bits per heavy atom. The topological polar surface area (TPSA) is 169 Å². The lowest BCUT2D eigenvalue weighted by molar-refractivity contribution is -0.763. The lowest BCUT2D eigenvalue weighted by atomic mass is 9.46. The third-order valence-electron chi connectivity index (χ3n) is 10.4. The van der Waals surface area contributed by atoms with Crippen LogP contribution in [-0.2, 0) is 35.2 Å². The SMILES string of the molecule is CCOC(=O)O[C@]1(C(=O)COC(=O)c2cccc(CO[N+](=O)[O-])c2)CC[C@H]2[C@@H]3CCC4=CC(=O)C=C[C@]4(C)[C@H]3[C@@H](O)C[C@@]21C. The monoisotopic (exact) mass is 611 g/mol. The number of carbonyl (C=O) groups is 4. The fraction of sp³-hybridized carbons (Fsp3) is 0.562. The number of aliphatic hydroxyl groups excluding tert-OH is 1. The van der Waals surface area contributed by atoms with E-state index < -0.39 is 52.1 Å². The normalized spacial score (nSPS) is 33.6. The molecule has 4 aliphatic rings. The fourth-order valence-corrected chi connectivity index (χ4v) is 8.53. The Kier molecular flexibility index (Phi) is 8.41. The van der Waals surface area contributed by atoms with Crippen LogP contribution in [-0.4, -0.2) is 58.8 Å². The van der Waals surface area contributed by atoms with Crippen molar-refractivity contribution in [2.75, 3.05) is 13.2 Å². The first-order valence-electron chi connectivity index (χ1n) is 14.9. The smallest absolute Gasteiger partial charge is 0.454 e. The van der Waals surface area contributed by atoms with Gasteiger partial charge in [0.25, 0.3) is 5.09 Å². The van der Waals surface area contributed by atoms with Gasteiger partial charge in [-0.25, -0.2) is 9.59 Å². The van der Waals surface area contributed by atoms with E-state index in [0.29, 0.717) is 24.8 Å². The van der Waals surface area contributed by atoms with Gasteiger partial charge < -0.3 is 24.2 Å². The molecule has 44 heavy (non-hydrogen) atoms. The number of esters is 1. The van der Waals surface area contributed by atoms with Crippen molar-refractivity contribution in [3.8, 4) is 0 Å². The summed E-state index contributed by atoms with van der Waals surface area (Å²) in [5, 5.41) is 21.3. The molecule has 0 unspecified atom stereocenters. The van der Waals surface area contributed by atoms with Gasteiger partial charge >= 0.3 is 12.1 Å². The number of hydrogen-bond acceptors (Lipinski definition) is 11. The summed E-state index contributed by atoms with van der Waals surface area (Å²) >= 11 is 0. The van der Waals surface area contributed by atoms with Gasteiger partial charge in [-0.3, -0.25) is 9.59 Å². The number of ketones is 2. The number of Topliss-reactive ketones (excluding diaryl/α,β-unsaturated/α-hetero) is 1. The molecule has 0 aromatic heterocycles. The lowest BCUT2D eigenvalue weighted by Crippen LogP contribution is -2.63. The fourth-order valence-electron chi connectivity index (χ4n) is 8.53. The van der Waals surface area contributed by atoms with Crippen molar-refractivity contribution in [2.45, 2.75) is 71.2 Å². The number of carbonyl (C=O) groups excluding carboxylic acids is 4. The summed E-state index contributed by atoms with van der Waals surface area (Å²) in [6.07, 6.45) is 5.49. The van der Waals surface area contributed by atoms with Crippen LogP contribution >= 0.6 is 0 Å². The van der Waals surface area contributed by atoms with E-state index in [0.717, 1.165) is 5.57 Å². The van der Waals surface area contributed by atoms with E-state index in [-0.39, 0.29) is 55.2 Å². The molecule has 7 atom stereocenters. The van der Waals surface area contributed by atoms with Gasteiger partial charge in [-0.05, 0) is 80.7 Å². The maximum absolute atomic E-state index is 14.1. The number of rotatable bonds is 9. The molecule has 1 aromatic carbocycles. The number of hydrogen-bond donors (Lipinski definition) is 1. The van der Waals surface area contributed by atoms with E-state index in [2.05, 4.69) is 4.84 Å². The van der Waals surface area contributed by atoms with E-state index in [1.165, 1.54) is 18.2 Å². The molecule has 3 saturated carbocycles. The Hall–Kier alpha value is -4.06. The van der Waals surface area contributed by atoms with Crippen LogP contribution in [0.2, 0.25) is 0 Å². The van der Waals surface area contributed by atoms with Gasteiger partial charge in [0.2, 0.25) is 5.78 Å². The van der Waals surface area contributed by atoms with E-state index in [4.69, 9.17) is 14.2 Å². The average Bonchev–Trinajstić information content (AvgIpc) is 3.27. The second-order valence-corrected chi connectivity index (χ2v) is 12.6. The second-order valence-electron chi connectivity index (χ2n) is 12.6. The molecule has 236 valence electrons. The number of fused-ring (bicyclic) bond motifs is 5. The van der Waals surface area contributed by atoms with Crippen LogP contribution < -0.4 is 0 Å². The zero-order chi connectivity index (χ0) is 31.9. The highest BCUT2D eigenvalue weighted by Gasteiger charge is 2.70. The molecule has 1 N–H and O–H groups in total. The molecule has 5 rings (SSSR count). The molecular weight excluding hydrogens is 574 g/mol. The second kappa shape index (κ2) is 11.8. The largest absolute Gasteiger partial charge is 0.509 e. The molecule has 0 radical (unpaired) electrons.